The number of rotatable bonds is 5. The van der Waals surface area contributed by atoms with Crippen molar-refractivity contribution in [3.63, 3.8) is 0 Å². The van der Waals surface area contributed by atoms with Crippen molar-refractivity contribution in [1.82, 2.24) is 9.80 Å². The lowest BCUT2D eigenvalue weighted by molar-refractivity contribution is -0.128. The highest BCUT2D eigenvalue weighted by Crippen LogP contribution is 2.15. The molecule has 0 saturated carbocycles. The second-order valence-corrected chi connectivity index (χ2v) is 7.29. The van der Waals surface area contributed by atoms with E-state index in [0.717, 1.165) is 29.8 Å². The van der Waals surface area contributed by atoms with E-state index in [4.69, 9.17) is 0 Å². The second-order valence-electron chi connectivity index (χ2n) is 6.37. The van der Waals surface area contributed by atoms with Gasteiger partial charge < -0.3 is 10.2 Å². The summed E-state index contributed by atoms with van der Waals surface area (Å²) in [5, 5.41) is 12.4. The van der Waals surface area contributed by atoms with Gasteiger partial charge >= 0.3 is 0 Å². The quantitative estimate of drug-likeness (QED) is 0.588. The number of nitrogens with zero attached hydrogens (tertiary/aromatic N) is 3. The molecule has 1 aliphatic rings. The van der Waals surface area contributed by atoms with Crippen LogP contribution in [0.15, 0.2) is 70.8 Å². The number of piperazine rings is 1. The number of carbonyl (C=O) groups excluding carboxylic acids is 1. The fraction of sp³-hybridized carbons (Fsp3) is 0.238. The lowest BCUT2D eigenvalue weighted by Gasteiger charge is -2.34. The third-order valence-electron chi connectivity index (χ3n) is 4.49. The lowest BCUT2D eigenvalue weighted by atomic mass is 10.2. The van der Waals surface area contributed by atoms with Gasteiger partial charge in [-0.25, -0.2) is 0 Å². The van der Waals surface area contributed by atoms with Crippen molar-refractivity contribution >= 4 is 27.5 Å². The summed E-state index contributed by atoms with van der Waals surface area (Å²) < 4.78 is 0.974. The molecule has 1 aliphatic heterocycles. The number of halogens is 1. The Hall–Kier alpha value is -2.62. The summed E-state index contributed by atoms with van der Waals surface area (Å²) in [6.45, 7) is 3.75. The van der Waals surface area contributed by atoms with Crippen molar-refractivity contribution in [3.05, 3.63) is 76.4 Å². The van der Waals surface area contributed by atoms with E-state index < -0.39 is 0 Å². The van der Waals surface area contributed by atoms with Crippen molar-refractivity contribution in [3.8, 4) is 6.07 Å². The second kappa shape index (κ2) is 9.36. The summed E-state index contributed by atoms with van der Waals surface area (Å²) in [5.41, 5.74) is 2.22. The van der Waals surface area contributed by atoms with Crippen LogP contribution in [0.4, 0.5) is 5.69 Å². The van der Waals surface area contributed by atoms with Gasteiger partial charge in [0.05, 0.1) is 0 Å². The number of anilines is 1. The molecule has 5 nitrogen and oxygen atoms in total. The molecule has 1 N–H and O–H groups in total. The first-order valence-electron chi connectivity index (χ1n) is 8.83. The van der Waals surface area contributed by atoms with Gasteiger partial charge in [0.15, 0.2) is 0 Å². The maximum atomic E-state index is 12.6. The number of carbonyl (C=O) groups is 1. The molecule has 0 atom stereocenters. The van der Waals surface area contributed by atoms with Gasteiger partial charge in [-0.2, -0.15) is 5.26 Å². The van der Waals surface area contributed by atoms with Crippen LogP contribution in [0.25, 0.3) is 0 Å². The Morgan fingerprint density at radius 2 is 1.74 bits per heavy atom. The van der Waals surface area contributed by atoms with Crippen LogP contribution in [0.3, 0.4) is 0 Å². The third kappa shape index (κ3) is 5.43. The van der Waals surface area contributed by atoms with Crippen LogP contribution in [-0.2, 0) is 11.3 Å². The average molecular weight is 425 g/mol. The molecular formula is C21H21BrN4O. The van der Waals surface area contributed by atoms with E-state index >= 15 is 0 Å². The fourth-order valence-electron chi connectivity index (χ4n) is 2.96. The van der Waals surface area contributed by atoms with Crippen LogP contribution >= 0.6 is 15.9 Å². The van der Waals surface area contributed by atoms with Gasteiger partial charge in [0.1, 0.15) is 11.6 Å². The average Bonchev–Trinajstić information content (AvgIpc) is 2.71. The molecule has 0 aliphatic carbocycles. The molecule has 138 valence electrons. The molecule has 0 bridgehead atoms. The van der Waals surface area contributed by atoms with Crippen LogP contribution in [0.5, 0.6) is 0 Å². The minimum atomic E-state index is -0.221. The van der Waals surface area contributed by atoms with Crippen LogP contribution < -0.4 is 5.32 Å². The Labute approximate surface area is 168 Å². The van der Waals surface area contributed by atoms with E-state index in [9.17, 15) is 10.1 Å². The zero-order chi connectivity index (χ0) is 19.1. The standard InChI is InChI=1S/C21H21BrN4O/c22-19-6-8-20(9-7-19)24-15-18(14-23)21(27)26-12-10-25(11-13-26)16-17-4-2-1-3-5-17/h1-9,15,24H,10-13,16H2/b18-15-. The minimum Gasteiger partial charge on any atom is -0.360 e. The molecule has 0 aromatic heterocycles. The highest BCUT2D eigenvalue weighted by Gasteiger charge is 2.23. The van der Waals surface area contributed by atoms with Gasteiger partial charge in [0.2, 0.25) is 0 Å². The smallest absolute Gasteiger partial charge is 0.266 e. The van der Waals surface area contributed by atoms with Crippen molar-refractivity contribution < 1.29 is 4.79 Å². The first-order chi connectivity index (χ1) is 13.2. The molecular weight excluding hydrogens is 404 g/mol. The zero-order valence-electron chi connectivity index (χ0n) is 14.9. The molecule has 0 unspecified atom stereocenters. The summed E-state index contributed by atoms with van der Waals surface area (Å²) in [4.78, 5) is 16.7. The molecule has 3 rings (SSSR count). The maximum Gasteiger partial charge on any atom is 0.266 e. The van der Waals surface area contributed by atoms with E-state index in [-0.39, 0.29) is 11.5 Å². The number of hydrogen-bond acceptors (Lipinski definition) is 4. The van der Waals surface area contributed by atoms with E-state index in [2.05, 4.69) is 38.3 Å². The van der Waals surface area contributed by atoms with E-state index in [1.807, 2.05) is 48.5 Å². The van der Waals surface area contributed by atoms with Crippen LogP contribution in [0.2, 0.25) is 0 Å². The third-order valence-corrected chi connectivity index (χ3v) is 5.02. The first kappa shape index (κ1) is 19.2. The summed E-state index contributed by atoms with van der Waals surface area (Å²) in [6, 6.07) is 19.9. The normalized spacial score (nSPS) is 15.3. The largest absolute Gasteiger partial charge is 0.360 e. The zero-order valence-corrected chi connectivity index (χ0v) is 16.5. The molecule has 1 amide bonds. The van der Waals surface area contributed by atoms with Gasteiger partial charge in [-0.1, -0.05) is 46.3 Å². The van der Waals surface area contributed by atoms with Crippen molar-refractivity contribution in [1.29, 1.82) is 5.26 Å². The van der Waals surface area contributed by atoms with Crippen molar-refractivity contribution in [2.45, 2.75) is 6.54 Å². The van der Waals surface area contributed by atoms with Crippen molar-refractivity contribution in [2.75, 3.05) is 31.5 Å². The predicted molar refractivity (Wildman–Crippen MR) is 110 cm³/mol. The van der Waals surface area contributed by atoms with Gasteiger partial charge in [0, 0.05) is 49.1 Å². The summed E-state index contributed by atoms with van der Waals surface area (Å²) >= 11 is 3.38. The maximum absolute atomic E-state index is 12.6. The fourth-order valence-corrected chi connectivity index (χ4v) is 3.23. The topological polar surface area (TPSA) is 59.4 Å². The van der Waals surface area contributed by atoms with Crippen LogP contribution in [0.1, 0.15) is 5.56 Å². The number of hydrogen-bond donors (Lipinski definition) is 1. The van der Waals surface area contributed by atoms with E-state index in [0.29, 0.717) is 13.1 Å². The van der Waals surface area contributed by atoms with Gasteiger partial charge in [-0.05, 0) is 29.8 Å². The highest BCUT2D eigenvalue weighted by molar-refractivity contribution is 9.10. The Morgan fingerprint density at radius 1 is 1.07 bits per heavy atom. The van der Waals surface area contributed by atoms with Crippen LogP contribution in [0, 0.1) is 11.3 Å². The van der Waals surface area contributed by atoms with Crippen LogP contribution in [-0.4, -0.2) is 41.9 Å². The Kier molecular flexibility index (Phi) is 6.64. The van der Waals surface area contributed by atoms with E-state index in [1.165, 1.54) is 11.8 Å². The molecule has 1 heterocycles. The summed E-state index contributed by atoms with van der Waals surface area (Å²) in [5.74, 6) is -0.221. The highest BCUT2D eigenvalue weighted by atomic mass is 79.9. The number of amides is 1. The number of nitrogens with one attached hydrogen (secondary N) is 1. The first-order valence-corrected chi connectivity index (χ1v) is 9.63. The molecule has 1 saturated heterocycles. The monoisotopic (exact) mass is 424 g/mol. The summed E-state index contributed by atoms with van der Waals surface area (Å²) in [6.07, 6.45) is 1.49. The molecule has 1 fully saturated rings. The molecule has 0 radical (unpaired) electrons. The molecule has 27 heavy (non-hydrogen) atoms. The molecule has 2 aromatic carbocycles. The van der Waals surface area contributed by atoms with Crippen molar-refractivity contribution in [2.24, 2.45) is 0 Å². The van der Waals surface area contributed by atoms with E-state index in [1.54, 1.807) is 4.90 Å². The Bertz CT molecular complexity index is 835. The predicted octanol–water partition coefficient (Wildman–Crippen LogP) is 3.61. The van der Waals surface area contributed by atoms with Gasteiger partial charge in [-0.3, -0.25) is 9.69 Å². The SMILES string of the molecule is N#C/C(=C/Nc1ccc(Br)cc1)C(=O)N1CCN(Cc2ccccc2)CC1. The molecule has 6 heteroatoms. The minimum absolute atomic E-state index is 0.120. The Morgan fingerprint density at radius 3 is 2.37 bits per heavy atom. The van der Waals surface area contributed by atoms with Gasteiger partial charge in [0.25, 0.3) is 5.91 Å². The molecule has 0 spiro atoms. The summed E-state index contributed by atoms with van der Waals surface area (Å²) in [7, 11) is 0. The lowest BCUT2D eigenvalue weighted by Crippen LogP contribution is -2.48. The molecule has 2 aromatic rings. The van der Waals surface area contributed by atoms with Gasteiger partial charge in [-0.15, -0.1) is 0 Å². The Balaban J connectivity index is 1.54. The number of benzene rings is 2. The number of nitriles is 1.